The lowest BCUT2D eigenvalue weighted by atomic mass is 10.1. The SMILES string of the molecule is COC(=O)c1ccc(COc2ccc(C=C3SC(=O)N(C(C)C(=O)OC)C3=O)cc2OC)o1. The number of benzene rings is 1. The van der Waals surface area contributed by atoms with Gasteiger partial charge in [-0.3, -0.25) is 14.5 Å². The van der Waals surface area contributed by atoms with Crippen molar-refractivity contribution in [2.75, 3.05) is 21.3 Å². The lowest BCUT2D eigenvalue weighted by Gasteiger charge is -2.18. The summed E-state index contributed by atoms with van der Waals surface area (Å²) in [5, 5.41) is -0.555. The number of hydrogen-bond donors (Lipinski definition) is 0. The van der Waals surface area contributed by atoms with Crippen LogP contribution in [0, 0.1) is 0 Å². The molecule has 33 heavy (non-hydrogen) atoms. The normalized spacial score (nSPS) is 15.5. The van der Waals surface area contributed by atoms with Gasteiger partial charge in [0.1, 0.15) is 18.4 Å². The maximum absolute atomic E-state index is 12.6. The summed E-state index contributed by atoms with van der Waals surface area (Å²) >= 11 is 0.733. The Hall–Kier alpha value is -3.73. The Morgan fingerprint density at radius 1 is 1.09 bits per heavy atom. The summed E-state index contributed by atoms with van der Waals surface area (Å²) in [5.74, 6) is -0.598. The number of carbonyl (C=O) groups is 4. The van der Waals surface area contributed by atoms with E-state index in [1.54, 1.807) is 24.3 Å². The number of hydrogen-bond acceptors (Lipinski definition) is 10. The molecule has 1 aliphatic rings. The van der Waals surface area contributed by atoms with Gasteiger partial charge in [-0.15, -0.1) is 0 Å². The van der Waals surface area contributed by atoms with Crippen LogP contribution in [-0.2, 0) is 25.7 Å². The number of ether oxygens (including phenoxy) is 4. The molecule has 1 unspecified atom stereocenters. The standard InChI is InChI=1S/C22H21NO9S/c1-12(20(25)29-3)23-19(24)18(33-22(23)27)10-13-5-7-15(17(9-13)28-2)31-11-14-6-8-16(32-14)21(26)30-4/h5-10,12H,11H2,1-4H3. The summed E-state index contributed by atoms with van der Waals surface area (Å²) in [6.07, 6.45) is 1.52. The Kier molecular flexibility index (Phi) is 7.44. The first-order valence-corrected chi connectivity index (χ1v) is 10.4. The van der Waals surface area contributed by atoms with Gasteiger partial charge in [0.05, 0.1) is 26.2 Å². The molecule has 0 N–H and O–H groups in total. The molecule has 174 valence electrons. The molecular formula is C22H21NO9S. The van der Waals surface area contributed by atoms with Gasteiger partial charge in [0.15, 0.2) is 11.5 Å². The van der Waals surface area contributed by atoms with Crippen LogP contribution in [0.15, 0.2) is 39.7 Å². The molecule has 0 aliphatic carbocycles. The largest absolute Gasteiger partial charge is 0.493 e. The first-order valence-electron chi connectivity index (χ1n) is 9.61. The summed E-state index contributed by atoms with van der Waals surface area (Å²) in [6.45, 7) is 1.46. The molecule has 3 rings (SSSR count). The van der Waals surface area contributed by atoms with E-state index in [1.165, 1.54) is 40.4 Å². The fraction of sp³-hybridized carbons (Fsp3) is 0.273. The average molecular weight is 475 g/mol. The molecule has 2 aromatic rings. The van der Waals surface area contributed by atoms with E-state index < -0.39 is 29.1 Å². The molecule has 0 bridgehead atoms. The summed E-state index contributed by atoms with van der Waals surface area (Å²) < 4.78 is 25.7. The monoisotopic (exact) mass is 475 g/mol. The number of nitrogens with zero attached hydrogens (tertiary/aromatic N) is 1. The quantitative estimate of drug-likeness (QED) is 0.415. The molecule has 2 heterocycles. The fourth-order valence-electron chi connectivity index (χ4n) is 2.95. The zero-order valence-electron chi connectivity index (χ0n) is 18.3. The van der Waals surface area contributed by atoms with Crippen LogP contribution in [0.2, 0.25) is 0 Å². The number of imide groups is 1. The predicted molar refractivity (Wildman–Crippen MR) is 117 cm³/mol. The minimum absolute atomic E-state index is 0.0387. The molecule has 1 aromatic carbocycles. The highest BCUT2D eigenvalue weighted by Gasteiger charge is 2.41. The second-order valence-corrected chi connectivity index (χ2v) is 7.70. The Balaban J connectivity index is 1.74. The Morgan fingerprint density at radius 3 is 2.52 bits per heavy atom. The number of amides is 2. The van der Waals surface area contributed by atoms with E-state index in [4.69, 9.17) is 13.9 Å². The number of carbonyl (C=O) groups excluding carboxylic acids is 4. The lowest BCUT2D eigenvalue weighted by Crippen LogP contribution is -2.42. The van der Waals surface area contributed by atoms with Crippen molar-refractivity contribution in [3.05, 3.63) is 52.3 Å². The van der Waals surface area contributed by atoms with Gasteiger partial charge in [0, 0.05) is 0 Å². The van der Waals surface area contributed by atoms with E-state index in [2.05, 4.69) is 9.47 Å². The fourth-order valence-corrected chi connectivity index (χ4v) is 3.86. The second kappa shape index (κ2) is 10.3. The van der Waals surface area contributed by atoms with Gasteiger partial charge >= 0.3 is 11.9 Å². The molecule has 2 amide bonds. The molecule has 1 aliphatic heterocycles. The van der Waals surface area contributed by atoms with Crippen LogP contribution >= 0.6 is 11.8 Å². The number of furan rings is 1. The van der Waals surface area contributed by atoms with Crippen molar-refractivity contribution >= 4 is 40.9 Å². The molecule has 0 radical (unpaired) electrons. The Labute approximate surface area is 193 Å². The molecule has 1 aromatic heterocycles. The smallest absolute Gasteiger partial charge is 0.373 e. The van der Waals surface area contributed by atoms with E-state index in [9.17, 15) is 19.2 Å². The molecule has 1 atom stereocenters. The molecule has 0 saturated carbocycles. The third kappa shape index (κ3) is 5.20. The van der Waals surface area contributed by atoms with E-state index in [-0.39, 0.29) is 17.3 Å². The van der Waals surface area contributed by atoms with Crippen LogP contribution in [0.1, 0.15) is 28.8 Å². The van der Waals surface area contributed by atoms with Crippen LogP contribution in [0.3, 0.4) is 0 Å². The predicted octanol–water partition coefficient (Wildman–Crippen LogP) is 3.25. The number of rotatable bonds is 8. The average Bonchev–Trinajstić information content (AvgIpc) is 3.40. The molecule has 1 saturated heterocycles. The van der Waals surface area contributed by atoms with Crippen molar-refractivity contribution in [3.8, 4) is 11.5 Å². The molecule has 1 fully saturated rings. The third-order valence-corrected chi connectivity index (χ3v) is 5.54. The maximum atomic E-state index is 12.6. The Bertz CT molecular complexity index is 1120. The number of esters is 2. The zero-order valence-corrected chi connectivity index (χ0v) is 19.1. The van der Waals surface area contributed by atoms with Crippen molar-refractivity contribution in [1.29, 1.82) is 0 Å². The van der Waals surface area contributed by atoms with Crippen LogP contribution in [0.4, 0.5) is 4.79 Å². The summed E-state index contributed by atoms with van der Waals surface area (Å²) in [7, 11) is 3.90. The van der Waals surface area contributed by atoms with E-state index in [0.717, 1.165) is 16.7 Å². The molecule has 11 heteroatoms. The number of thioether (sulfide) groups is 1. The van der Waals surface area contributed by atoms with Gasteiger partial charge < -0.3 is 23.4 Å². The highest BCUT2D eigenvalue weighted by molar-refractivity contribution is 8.18. The van der Waals surface area contributed by atoms with Crippen molar-refractivity contribution in [2.45, 2.75) is 19.6 Å². The zero-order chi connectivity index (χ0) is 24.1. The van der Waals surface area contributed by atoms with Crippen LogP contribution in [0.25, 0.3) is 6.08 Å². The van der Waals surface area contributed by atoms with Gasteiger partial charge in [0.25, 0.3) is 11.1 Å². The van der Waals surface area contributed by atoms with E-state index >= 15 is 0 Å². The summed E-state index contributed by atoms with van der Waals surface area (Å²) in [6, 6.07) is 7.00. The van der Waals surface area contributed by atoms with Gasteiger partial charge in [0.2, 0.25) is 5.76 Å². The minimum Gasteiger partial charge on any atom is -0.493 e. The van der Waals surface area contributed by atoms with Crippen molar-refractivity contribution < 1.29 is 42.5 Å². The number of methoxy groups -OCH3 is 3. The first kappa shape index (κ1) is 23.9. The van der Waals surface area contributed by atoms with E-state index in [0.29, 0.717) is 22.8 Å². The third-order valence-electron chi connectivity index (χ3n) is 4.66. The van der Waals surface area contributed by atoms with Gasteiger partial charge in [-0.25, -0.2) is 9.59 Å². The highest BCUT2D eigenvalue weighted by Crippen LogP contribution is 2.35. The van der Waals surface area contributed by atoms with Crippen molar-refractivity contribution in [3.63, 3.8) is 0 Å². The van der Waals surface area contributed by atoms with Crippen molar-refractivity contribution in [2.24, 2.45) is 0 Å². The van der Waals surface area contributed by atoms with Crippen LogP contribution < -0.4 is 9.47 Å². The lowest BCUT2D eigenvalue weighted by molar-refractivity contribution is -0.148. The van der Waals surface area contributed by atoms with Crippen LogP contribution in [-0.4, -0.2) is 55.4 Å². The molecular weight excluding hydrogens is 454 g/mol. The van der Waals surface area contributed by atoms with Crippen LogP contribution in [0.5, 0.6) is 11.5 Å². The highest BCUT2D eigenvalue weighted by atomic mass is 32.2. The second-order valence-electron chi connectivity index (χ2n) is 6.71. The topological polar surface area (TPSA) is 122 Å². The maximum Gasteiger partial charge on any atom is 0.373 e. The molecule has 0 spiro atoms. The van der Waals surface area contributed by atoms with E-state index in [1.807, 2.05) is 0 Å². The summed E-state index contributed by atoms with van der Waals surface area (Å²) in [4.78, 5) is 49.1. The Morgan fingerprint density at radius 2 is 1.85 bits per heavy atom. The van der Waals surface area contributed by atoms with Gasteiger partial charge in [-0.05, 0) is 54.6 Å². The van der Waals surface area contributed by atoms with Gasteiger partial charge in [-0.2, -0.15) is 0 Å². The minimum atomic E-state index is -1.03. The summed E-state index contributed by atoms with van der Waals surface area (Å²) in [5.41, 5.74) is 0.585. The van der Waals surface area contributed by atoms with Gasteiger partial charge in [-0.1, -0.05) is 6.07 Å². The van der Waals surface area contributed by atoms with Crippen molar-refractivity contribution in [1.82, 2.24) is 4.90 Å². The first-order chi connectivity index (χ1) is 15.8. The molecule has 10 nitrogen and oxygen atoms in total.